The van der Waals surface area contributed by atoms with Crippen LogP contribution in [0.25, 0.3) is 10.9 Å². The average molecular weight is 376 g/mol. The number of pyridine rings is 1. The number of anilines is 1. The van der Waals surface area contributed by atoms with Gasteiger partial charge >= 0.3 is 0 Å². The number of nitrogens with zero attached hydrogens (tertiary/aromatic N) is 2. The van der Waals surface area contributed by atoms with E-state index in [0.717, 1.165) is 48.9 Å². The number of hydrogen-bond acceptors (Lipinski definition) is 3. The van der Waals surface area contributed by atoms with Gasteiger partial charge in [-0.25, -0.2) is 0 Å². The number of carbonyl (C=O) groups is 1. The number of rotatable bonds is 11. The van der Waals surface area contributed by atoms with Gasteiger partial charge in [0.2, 0.25) is 5.91 Å². The van der Waals surface area contributed by atoms with Gasteiger partial charge in [-0.3, -0.25) is 9.78 Å². The summed E-state index contributed by atoms with van der Waals surface area (Å²) in [5, 5.41) is 5.20. The summed E-state index contributed by atoms with van der Waals surface area (Å²) in [6, 6.07) is 7.71. The predicted octanol–water partition coefficient (Wildman–Crippen LogP) is 5.51. The van der Waals surface area contributed by atoms with Gasteiger partial charge in [0.05, 0.1) is 5.52 Å². The van der Waals surface area contributed by atoms with E-state index in [1.54, 1.807) is 6.20 Å². The van der Waals surface area contributed by atoms with Gasteiger partial charge in [-0.15, -0.1) is 0 Å². The van der Waals surface area contributed by atoms with Gasteiger partial charge in [0.1, 0.15) is 0 Å². The molecule has 5 heteroatoms. The highest BCUT2D eigenvalue weighted by atomic mass is 35.5. The van der Waals surface area contributed by atoms with Crippen LogP contribution in [0.4, 0.5) is 5.69 Å². The Labute approximate surface area is 161 Å². The van der Waals surface area contributed by atoms with Crippen molar-refractivity contribution < 1.29 is 4.79 Å². The number of nitrogens with one attached hydrogen (secondary N) is 1. The number of amides is 1. The summed E-state index contributed by atoms with van der Waals surface area (Å²) in [5.74, 6) is 0.255. The maximum atomic E-state index is 12.1. The molecule has 1 aromatic heterocycles. The lowest BCUT2D eigenvalue weighted by Crippen LogP contribution is -2.28. The molecule has 0 aliphatic heterocycles. The lowest BCUT2D eigenvalue weighted by molar-refractivity contribution is -0.130. The molecule has 0 aliphatic rings. The Bertz CT molecular complexity index is 705. The van der Waals surface area contributed by atoms with Crippen molar-refractivity contribution in [2.45, 2.75) is 51.9 Å². The van der Waals surface area contributed by atoms with Crippen LogP contribution < -0.4 is 5.32 Å². The van der Waals surface area contributed by atoms with Gasteiger partial charge in [-0.2, -0.15) is 0 Å². The van der Waals surface area contributed by atoms with Crippen molar-refractivity contribution in [1.29, 1.82) is 0 Å². The van der Waals surface area contributed by atoms with Crippen LogP contribution in [0.3, 0.4) is 0 Å². The van der Waals surface area contributed by atoms with Crippen LogP contribution in [0.2, 0.25) is 5.02 Å². The topological polar surface area (TPSA) is 45.2 Å². The third kappa shape index (κ3) is 6.49. The van der Waals surface area contributed by atoms with Gasteiger partial charge in [-0.1, -0.05) is 44.2 Å². The van der Waals surface area contributed by atoms with Gasteiger partial charge in [0.25, 0.3) is 0 Å². The molecule has 1 N–H and O–H groups in total. The summed E-state index contributed by atoms with van der Waals surface area (Å²) >= 11 is 6.03. The van der Waals surface area contributed by atoms with Crippen LogP contribution in [-0.4, -0.2) is 35.9 Å². The van der Waals surface area contributed by atoms with Crippen molar-refractivity contribution in [3.05, 3.63) is 35.5 Å². The minimum absolute atomic E-state index is 0.255. The second-order valence-electron chi connectivity index (χ2n) is 6.78. The summed E-state index contributed by atoms with van der Waals surface area (Å²) in [6.45, 7) is 3.79. The Hall–Kier alpha value is -1.81. The zero-order chi connectivity index (χ0) is 18.8. The molecule has 2 aromatic rings. The molecule has 0 radical (unpaired) electrons. The second kappa shape index (κ2) is 11.0. The summed E-state index contributed by atoms with van der Waals surface area (Å²) in [6.07, 6.45) is 9.28. The van der Waals surface area contributed by atoms with E-state index in [1.165, 1.54) is 19.3 Å². The Kier molecular flexibility index (Phi) is 8.69. The van der Waals surface area contributed by atoms with Crippen LogP contribution in [0.5, 0.6) is 0 Å². The molecule has 0 fully saturated rings. The molecule has 1 amide bonds. The Morgan fingerprint density at radius 3 is 2.77 bits per heavy atom. The largest absolute Gasteiger partial charge is 0.384 e. The monoisotopic (exact) mass is 375 g/mol. The van der Waals surface area contributed by atoms with E-state index < -0.39 is 0 Å². The van der Waals surface area contributed by atoms with Crippen molar-refractivity contribution >= 4 is 34.1 Å². The first-order valence-corrected chi connectivity index (χ1v) is 10.0. The number of aromatic nitrogens is 1. The first-order valence-electron chi connectivity index (χ1n) is 9.64. The summed E-state index contributed by atoms with van der Waals surface area (Å²) in [4.78, 5) is 18.3. The van der Waals surface area contributed by atoms with Gasteiger partial charge in [0, 0.05) is 48.9 Å². The van der Waals surface area contributed by atoms with E-state index in [0.29, 0.717) is 11.4 Å². The van der Waals surface area contributed by atoms with E-state index >= 15 is 0 Å². The Morgan fingerprint density at radius 2 is 1.96 bits per heavy atom. The number of benzene rings is 1. The van der Waals surface area contributed by atoms with Crippen LogP contribution >= 0.6 is 11.6 Å². The highest BCUT2D eigenvalue weighted by Crippen LogP contribution is 2.24. The average Bonchev–Trinajstić information content (AvgIpc) is 2.64. The van der Waals surface area contributed by atoms with Crippen molar-refractivity contribution in [3.63, 3.8) is 0 Å². The van der Waals surface area contributed by atoms with Gasteiger partial charge in [-0.05, 0) is 37.1 Å². The fourth-order valence-electron chi connectivity index (χ4n) is 3.01. The van der Waals surface area contributed by atoms with E-state index in [1.807, 2.05) is 36.2 Å². The zero-order valence-corrected chi connectivity index (χ0v) is 16.7. The molecule has 0 unspecified atom stereocenters. The Morgan fingerprint density at radius 1 is 1.15 bits per heavy atom. The summed E-state index contributed by atoms with van der Waals surface area (Å²) < 4.78 is 0. The standard InChI is InChI=1S/C21H30ClN3O/c1-3-4-5-6-7-9-21(26)25(2)15-8-13-23-19-12-14-24-20-16-17(22)10-11-18(19)20/h10-12,14,16H,3-9,13,15H2,1-2H3,(H,23,24). The third-order valence-corrected chi connectivity index (χ3v) is 4.85. The molecule has 142 valence electrons. The van der Waals surface area contributed by atoms with Gasteiger partial charge in [0.15, 0.2) is 0 Å². The molecule has 1 aromatic carbocycles. The minimum Gasteiger partial charge on any atom is -0.384 e. The molecule has 26 heavy (non-hydrogen) atoms. The maximum absolute atomic E-state index is 12.1. The van der Waals surface area contributed by atoms with Crippen molar-refractivity contribution in [1.82, 2.24) is 9.88 Å². The molecule has 4 nitrogen and oxygen atoms in total. The fourth-order valence-corrected chi connectivity index (χ4v) is 3.18. The minimum atomic E-state index is 0.255. The van der Waals surface area contributed by atoms with Crippen LogP contribution in [0.15, 0.2) is 30.5 Å². The number of carbonyl (C=O) groups excluding carboxylic acids is 1. The fraction of sp³-hybridized carbons (Fsp3) is 0.524. The van der Waals surface area contributed by atoms with Crippen molar-refractivity contribution in [2.75, 3.05) is 25.5 Å². The molecular weight excluding hydrogens is 346 g/mol. The van der Waals surface area contributed by atoms with Gasteiger partial charge < -0.3 is 10.2 Å². The lowest BCUT2D eigenvalue weighted by atomic mass is 10.1. The number of unbranched alkanes of at least 4 members (excludes halogenated alkanes) is 4. The van der Waals surface area contributed by atoms with E-state index in [9.17, 15) is 4.79 Å². The second-order valence-corrected chi connectivity index (χ2v) is 7.22. The number of halogens is 1. The summed E-state index contributed by atoms with van der Waals surface area (Å²) in [7, 11) is 1.90. The zero-order valence-electron chi connectivity index (χ0n) is 15.9. The Balaban J connectivity index is 1.71. The molecular formula is C21H30ClN3O. The van der Waals surface area contributed by atoms with E-state index in [4.69, 9.17) is 11.6 Å². The van der Waals surface area contributed by atoms with Crippen LogP contribution in [0, 0.1) is 0 Å². The first-order chi connectivity index (χ1) is 12.6. The maximum Gasteiger partial charge on any atom is 0.222 e. The SMILES string of the molecule is CCCCCCCC(=O)N(C)CCCNc1ccnc2cc(Cl)ccc12. The first kappa shape index (κ1) is 20.5. The predicted molar refractivity (Wildman–Crippen MR) is 111 cm³/mol. The smallest absolute Gasteiger partial charge is 0.222 e. The third-order valence-electron chi connectivity index (χ3n) is 4.61. The molecule has 0 bridgehead atoms. The molecule has 0 atom stereocenters. The van der Waals surface area contributed by atoms with Crippen molar-refractivity contribution in [2.24, 2.45) is 0 Å². The molecule has 0 aliphatic carbocycles. The summed E-state index contributed by atoms with van der Waals surface area (Å²) in [5.41, 5.74) is 1.94. The van der Waals surface area contributed by atoms with Crippen molar-refractivity contribution in [3.8, 4) is 0 Å². The molecule has 0 spiro atoms. The highest BCUT2D eigenvalue weighted by molar-refractivity contribution is 6.31. The molecule has 0 saturated carbocycles. The van der Waals surface area contributed by atoms with E-state index in [-0.39, 0.29) is 5.91 Å². The highest BCUT2D eigenvalue weighted by Gasteiger charge is 2.08. The number of fused-ring (bicyclic) bond motifs is 1. The lowest BCUT2D eigenvalue weighted by Gasteiger charge is -2.17. The van der Waals surface area contributed by atoms with E-state index in [2.05, 4.69) is 17.2 Å². The number of hydrogen-bond donors (Lipinski definition) is 1. The quantitative estimate of drug-likeness (QED) is 0.527. The normalized spacial score (nSPS) is 10.9. The molecule has 0 saturated heterocycles. The van der Waals surface area contributed by atoms with Crippen LogP contribution in [-0.2, 0) is 4.79 Å². The molecule has 2 rings (SSSR count). The van der Waals surface area contributed by atoms with Crippen LogP contribution in [0.1, 0.15) is 51.9 Å². The molecule has 1 heterocycles.